The number of nitrogens with one attached hydrogen (secondary N) is 1. The fourth-order valence-electron chi connectivity index (χ4n) is 1.94. The molecule has 0 aromatic heterocycles. The van der Waals surface area contributed by atoms with Crippen molar-refractivity contribution in [2.24, 2.45) is 0 Å². The van der Waals surface area contributed by atoms with Crippen LogP contribution in [0.3, 0.4) is 0 Å². The van der Waals surface area contributed by atoms with Crippen molar-refractivity contribution in [1.82, 2.24) is 5.32 Å². The SMILES string of the molecule is N#C/C(=C\C=C\c1ccc(O)cc1)C(=O)NCc1ccc(Cl)cc1Cl. The second kappa shape index (κ2) is 8.93. The number of hydrogen-bond donors (Lipinski definition) is 2. The number of allylic oxidation sites excluding steroid dienone is 2. The van der Waals surface area contributed by atoms with E-state index in [0.717, 1.165) is 5.56 Å². The molecule has 6 heteroatoms. The third-order valence-electron chi connectivity index (χ3n) is 3.26. The number of hydrogen-bond acceptors (Lipinski definition) is 3. The largest absolute Gasteiger partial charge is 0.508 e. The Kier molecular flexibility index (Phi) is 6.64. The number of carbonyl (C=O) groups excluding carboxylic acids is 1. The third-order valence-corrected chi connectivity index (χ3v) is 3.85. The van der Waals surface area contributed by atoms with Crippen molar-refractivity contribution in [3.05, 3.63) is 81.4 Å². The molecule has 2 rings (SSSR count). The molecule has 4 nitrogen and oxygen atoms in total. The molecule has 0 bridgehead atoms. The summed E-state index contributed by atoms with van der Waals surface area (Å²) in [6.45, 7) is 0.190. The zero-order valence-corrected chi connectivity index (χ0v) is 14.6. The molecule has 0 aliphatic rings. The summed E-state index contributed by atoms with van der Waals surface area (Å²) in [4.78, 5) is 12.1. The molecule has 0 aliphatic carbocycles. The van der Waals surface area contributed by atoms with Gasteiger partial charge >= 0.3 is 0 Å². The highest BCUT2D eigenvalue weighted by atomic mass is 35.5. The van der Waals surface area contributed by atoms with E-state index in [1.807, 2.05) is 6.07 Å². The number of amides is 1. The van der Waals surface area contributed by atoms with Crippen molar-refractivity contribution < 1.29 is 9.90 Å². The van der Waals surface area contributed by atoms with Crippen LogP contribution in [-0.4, -0.2) is 11.0 Å². The average molecular weight is 373 g/mol. The van der Waals surface area contributed by atoms with Gasteiger partial charge in [-0.3, -0.25) is 4.79 Å². The Hall–Kier alpha value is -2.74. The Bertz CT molecular complexity index is 866. The minimum atomic E-state index is -0.496. The normalized spacial score (nSPS) is 11.3. The molecular formula is C19H14Cl2N2O2. The number of halogens is 2. The lowest BCUT2D eigenvalue weighted by Crippen LogP contribution is -2.24. The molecule has 126 valence electrons. The standard InChI is InChI=1S/C19H14Cl2N2O2/c20-16-7-6-15(18(21)10-16)12-23-19(25)14(11-22)3-1-2-13-4-8-17(24)9-5-13/h1-10,24H,12H2,(H,23,25)/b2-1+,14-3+. The van der Waals surface area contributed by atoms with Crippen molar-refractivity contribution in [3.63, 3.8) is 0 Å². The highest BCUT2D eigenvalue weighted by Gasteiger charge is 2.09. The van der Waals surface area contributed by atoms with Gasteiger partial charge in [0.05, 0.1) is 0 Å². The summed E-state index contributed by atoms with van der Waals surface area (Å²) in [5.41, 5.74) is 1.51. The van der Waals surface area contributed by atoms with Gasteiger partial charge in [0.2, 0.25) is 0 Å². The smallest absolute Gasteiger partial charge is 0.262 e. The van der Waals surface area contributed by atoms with Crippen molar-refractivity contribution in [2.45, 2.75) is 6.54 Å². The van der Waals surface area contributed by atoms with Crippen LogP contribution in [0.5, 0.6) is 5.75 Å². The summed E-state index contributed by atoms with van der Waals surface area (Å²) in [6, 6.07) is 13.4. The lowest BCUT2D eigenvalue weighted by molar-refractivity contribution is -0.117. The Morgan fingerprint density at radius 3 is 2.56 bits per heavy atom. The molecule has 0 atom stereocenters. The fraction of sp³-hybridized carbons (Fsp3) is 0.0526. The van der Waals surface area contributed by atoms with E-state index < -0.39 is 5.91 Å². The average Bonchev–Trinajstić information content (AvgIpc) is 2.59. The third kappa shape index (κ3) is 5.68. The van der Waals surface area contributed by atoms with Gasteiger partial charge < -0.3 is 10.4 Å². The number of nitriles is 1. The van der Waals surface area contributed by atoms with Gasteiger partial charge in [-0.25, -0.2) is 0 Å². The van der Waals surface area contributed by atoms with Crippen molar-refractivity contribution in [1.29, 1.82) is 5.26 Å². The minimum Gasteiger partial charge on any atom is -0.508 e. The molecule has 2 N–H and O–H groups in total. The molecule has 0 saturated carbocycles. The Morgan fingerprint density at radius 2 is 1.92 bits per heavy atom. The molecule has 0 fully saturated rings. The maximum Gasteiger partial charge on any atom is 0.262 e. The van der Waals surface area contributed by atoms with E-state index in [4.69, 9.17) is 28.5 Å². The van der Waals surface area contributed by atoms with Crippen LogP contribution in [0.25, 0.3) is 6.08 Å². The molecule has 1 amide bonds. The highest BCUT2D eigenvalue weighted by molar-refractivity contribution is 6.35. The molecule has 0 spiro atoms. The number of phenolic OH excluding ortho intramolecular Hbond substituents is 1. The number of benzene rings is 2. The number of rotatable bonds is 5. The zero-order valence-electron chi connectivity index (χ0n) is 13.0. The maximum absolute atomic E-state index is 12.1. The Balaban J connectivity index is 2.00. The van der Waals surface area contributed by atoms with E-state index in [2.05, 4.69) is 5.32 Å². The maximum atomic E-state index is 12.1. The molecule has 2 aromatic rings. The van der Waals surface area contributed by atoms with Crippen LogP contribution in [0.2, 0.25) is 10.0 Å². The monoisotopic (exact) mass is 372 g/mol. The van der Waals surface area contributed by atoms with Crippen LogP contribution in [0, 0.1) is 11.3 Å². The first-order chi connectivity index (χ1) is 12.0. The van der Waals surface area contributed by atoms with E-state index in [1.54, 1.807) is 54.6 Å². The van der Waals surface area contributed by atoms with Crippen LogP contribution < -0.4 is 5.32 Å². The van der Waals surface area contributed by atoms with E-state index in [1.165, 1.54) is 6.08 Å². The van der Waals surface area contributed by atoms with E-state index in [0.29, 0.717) is 15.6 Å². The van der Waals surface area contributed by atoms with Gasteiger partial charge in [-0.05, 0) is 41.5 Å². The number of aromatic hydroxyl groups is 1. The molecule has 0 saturated heterocycles. The molecule has 2 aromatic carbocycles. The van der Waals surface area contributed by atoms with Gasteiger partial charge in [0, 0.05) is 16.6 Å². The number of carbonyl (C=O) groups is 1. The van der Waals surface area contributed by atoms with Gasteiger partial charge in [0.15, 0.2) is 0 Å². The van der Waals surface area contributed by atoms with Gasteiger partial charge in [0.1, 0.15) is 17.4 Å². The lowest BCUT2D eigenvalue weighted by atomic mass is 10.1. The van der Waals surface area contributed by atoms with E-state index in [9.17, 15) is 9.90 Å². The van der Waals surface area contributed by atoms with Crippen molar-refractivity contribution >= 4 is 35.2 Å². The molecule has 0 heterocycles. The van der Waals surface area contributed by atoms with E-state index >= 15 is 0 Å². The Labute approximate surface area is 155 Å². The summed E-state index contributed by atoms with van der Waals surface area (Å²) in [7, 11) is 0. The van der Waals surface area contributed by atoms with Gasteiger partial charge in [0.25, 0.3) is 5.91 Å². The van der Waals surface area contributed by atoms with Gasteiger partial charge in [-0.2, -0.15) is 5.26 Å². The van der Waals surface area contributed by atoms with E-state index in [-0.39, 0.29) is 17.9 Å². The van der Waals surface area contributed by atoms with Crippen molar-refractivity contribution in [2.75, 3.05) is 0 Å². The Morgan fingerprint density at radius 1 is 1.20 bits per heavy atom. The quantitative estimate of drug-likeness (QED) is 0.461. The molecule has 0 aliphatic heterocycles. The summed E-state index contributed by atoms with van der Waals surface area (Å²) < 4.78 is 0. The predicted octanol–water partition coefficient (Wildman–Crippen LogP) is 4.48. The summed E-state index contributed by atoms with van der Waals surface area (Å²) in [5.74, 6) is -0.325. The summed E-state index contributed by atoms with van der Waals surface area (Å²) >= 11 is 11.9. The summed E-state index contributed by atoms with van der Waals surface area (Å²) in [6.07, 6.45) is 4.74. The van der Waals surface area contributed by atoms with Crippen LogP contribution in [0.15, 0.2) is 60.2 Å². The second-order valence-corrected chi connectivity index (χ2v) is 5.90. The number of nitrogens with zero attached hydrogens (tertiary/aromatic N) is 1. The fourth-order valence-corrected chi connectivity index (χ4v) is 2.42. The first-order valence-electron chi connectivity index (χ1n) is 7.29. The molecule has 25 heavy (non-hydrogen) atoms. The lowest BCUT2D eigenvalue weighted by Gasteiger charge is -2.06. The first kappa shape index (κ1) is 18.6. The van der Waals surface area contributed by atoms with Gasteiger partial charge in [-0.15, -0.1) is 0 Å². The predicted molar refractivity (Wildman–Crippen MR) is 99.1 cm³/mol. The highest BCUT2D eigenvalue weighted by Crippen LogP contribution is 2.20. The number of phenols is 1. The summed E-state index contributed by atoms with van der Waals surface area (Å²) in [5, 5.41) is 21.9. The van der Waals surface area contributed by atoms with Crippen LogP contribution in [0.4, 0.5) is 0 Å². The zero-order chi connectivity index (χ0) is 18.2. The van der Waals surface area contributed by atoms with Crippen LogP contribution in [-0.2, 0) is 11.3 Å². The first-order valence-corrected chi connectivity index (χ1v) is 8.05. The van der Waals surface area contributed by atoms with Gasteiger partial charge in [-0.1, -0.05) is 53.6 Å². The second-order valence-electron chi connectivity index (χ2n) is 5.06. The van der Waals surface area contributed by atoms with Crippen molar-refractivity contribution in [3.8, 4) is 11.8 Å². The minimum absolute atomic E-state index is 0.0277. The topological polar surface area (TPSA) is 73.1 Å². The molecule has 0 unspecified atom stereocenters. The molecular weight excluding hydrogens is 359 g/mol. The molecule has 0 radical (unpaired) electrons. The van der Waals surface area contributed by atoms with Crippen LogP contribution >= 0.6 is 23.2 Å². The van der Waals surface area contributed by atoms with Crippen LogP contribution in [0.1, 0.15) is 11.1 Å².